The second-order valence-electron chi connectivity index (χ2n) is 9.22. The van der Waals surface area contributed by atoms with Gasteiger partial charge in [-0.15, -0.1) is 0 Å². The summed E-state index contributed by atoms with van der Waals surface area (Å²) in [6, 6.07) is 0. The molecule has 0 aromatic rings. The third-order valence-corrected chi connectivity index (χ3v) is 8.29. The summed E-state index contributed by atoms with van der Waals surface area (Å²) in [7, 11) is 0. The highest BCUT2D eigenvalue weighted by molar-refractivity contribution is 5.60. The van der Waals surface area contributed by atoms with E-state index in [9.17, 15) is 9.90 Å². The van der Waals surface area contributed by atoms with Crippen LogP contribution in [0.25, 0.3) is 0 Å². The lowest BCUT2D eigenvalue weighted by Crippen LogP contribution is -2.56. The molecule has 122 valence electrons. The van der Waals surface area contributed by atoms with Crippen LogP contribution in [-0.4, -0.2) is 18.0 Å². The molecule has 0 radical (unpaired) electrons. The van der Waals surface area contributed by atoms with E-state index in [0.29, 0.717) is 22.7 Å². The fraction of sp³-hybridized carbons (Fsp3) is 0.850. The summed E-state index contributed by atoms with van der Waals surface area (Å²) in [5, 5.41) is 9.70. The molecule has 6 atom stereocenters. The van der Waals surface area contributed by atoms with Crippen molar-refractivity contribution >= 4 is 6.29 Å². The van der Waals surface area contributed by atoms with Crippen LogP contribution in [0.2, 0.25) is 0 Å². The summed E-state index contributed by atoms with van der Waals surface area (Å²) in [5.41, 5.74) is 1.87. The number of fused-ring (bicyclic) bond motifs is 3. The Balaban J connectivity index is 1.75. The lowest BCUT2D eigenvalue weighted by Gasteiger charge is -2.63. The van der Waals surface area contributed by atoms with Gasteiger partial charge in [-0.05, 0) is 79.1 Å². The average molecular weight is 302 g/mol. The Morgan fingerprint density at radius 2 is 2.00 bits per heavy atom. The van der Waals surface area contributed by atoms with E-state index < -0.39 is 0 Å². The Hall–Kier alpha value is -0.630. The van der Waals surface area contributed by atoms with Crippen molar-refractivity contribution in [2.45, 2.75) is 65.2 Å². The molecule has 0 aromatic heterocycles. The number of allylic oxidation sites excluding steroid dienone is 1. The van der Waals surface area contributed by atoms with Crippen LogP contribution in [0, 0.1) is 34.0 Å². The molecule has 4 rings (SSSR count). The zero-order valence-electron chi connectivity index (χ0n) is 14.1. The molecule has 0 amide bonds. The molecule has 22 heavy (non-hydrogen) atoms. The van der Waals surface area contributed by atoms with E-state index in [-0.39, 0.29) is 12.0 Å². The molecule has 2 bridgehead atoms. The predicted molar refractivity (Wildman–Crippen MR) is 87.3 cm³/mol. The molecule has 0 aromatic carbocycles. The maximum atomic E-state index is 11.8. The third kappa shape index (κ3) is 1.74. The van der Waals surface area contributed by atoms with E-state index >= 15 is 0 Å². The topological polar surface area (TPSA) is 37.3 Å². The largest absolute Gasteiger partial charge is 0.392 e. The molecular formula is C20H30O2. The number of carbonyl (C=O) groups is 1. The number of carbonyl (C=O) groups excluding carboxylic acids is 1. The molecule has 3 fully saturated rings. The van der Waals surface area contributed by atoms with Crippen LogP contribution in [0.4, 0.5) is 0 Å². The second kappa shape index (κ2) is 4.69. The quantitative estimate of drug-likeness (QED) is 0.615. The lowest BCUT2D eigenvalue weighted by molar-refractivity contribution is -0.151. The number of hydrogen-bond donors (Lipinski definition) is 1. The Bertz CT molecular complexity index is 524. The maximum absolute atomic E-state index is 11.8. The van der Waals surface area contributed by atoms with Gasteiger partial charge in [0.25, 0.3) is 0 Å². The molecule has 1 N–H and O–H groups in total. The second-order valence-corrected chi connectivity index (χ2v) is 9.22. The van der Waals surface area contributed by atoms with Crippen LogP contribution < -0.4 is 0 Å². The number of rotatable bonds is 2. The highest BCUT2D eigenvalue weighted by atomic mass is 16.3. The van der Waals surface area contributed by atoms with Gasteiger partial charge in [-0.1, -0.05) is 26.3 Å². The molecule has 2 nitrogen and oxygen atoms in total. The Morgan fingerprint density at radius 3 is 2.73 bits per heavy atom. The van der Waals surface area contributed by atoms with E-state index in [2.05, 4.69) is 19.9 Å². The number of aliphatic hydroxyl groups excluding tert-OH is 1. The first-order chi connectivity index (χ1) is 10.5. The number of hydrogen-bond acceptors (Lipinski definition) is 2. The van der Waals surface area contributed by atoms with Gasteiger partial charge in [-0.3, -0.25) is 0 Å². The van der Waals surface area contributed by atoms with Crippen molar-refractivity contribution in [3.05, 3.63) is 11.6 Å². The highest BCUT2D eigenvalue weighted by Crippen LogP contribution is 2.70. The highest BCUT2D eigenvalue weighted by Gasteiger charge is 2.62. The standard InChI is InChI=1S/C20H30O2/c1-18(13-22)7-3-8-19(2)16(18)6-9-20-10-14(4-5-17(19)20)15(11-20)12-21/h11,13-14,16-17,21H,3-10,12H2,1-2H3/t14-,16-,17+,18+,19-,20+/m0/s1. The molecule has 0 unspecified atom stereocenters. The van der Waals surface area contributed by atoms with Gasteiger partial charge in [0.15, 0.2) is 0 Å². The van der Waals surface area contributed by atoms with Gasteiger partial charge < -0.3 is 9.90 Å². The van der Waals surface area contributed by atoms with Crippen LogP contribution in [0.15, 0.2) is 11.6 Å². The fourth-order valence-electron chi connectivity index (χ4n) is 7.41. The van der Waals surface area contributed by atoms with Crippen LogP contribution in [0.3, 0.4) is 0 Å². The predicted octanol–water partition coefficient (Wildman–Crippen LogP) is 4.13. The molecule has 0 heterocycles. The maximum Gasteiger partial charge on any atom is 0.126 e. The number of aldehydes is 1. The molecule has 4 aliphatic carbocycles. The van der Waals surface area contributed by atoms with Crippen molar-refractivity contribution in [1.29, 1.82) is 0 Å². The van der Waals surface area contributed by atoms with Crippen molar-refractivity contribution in [3.8, 4) is 0 Å². The van der Waals surface area contributed by atoms with Crippen LogP contribution in [0.1, 0.15) is 65.2 Å². The van der Waals surface area contributed by atoms with Crippen molar-refractivity contribution in [1.82, 2.24) is 0 Å². The summed E-state index contributed by atoms with van der Waals surface area (Å²) in [6.45, 7) is 4.97. The zero-order chi connectivity index (χ0) is 15.6. The first kappa shape index (κ1) is 14.9. The normalized spacial score (nSPS) is 53.4. The monoisotopic (exact) mass is 302 g/mol. The molecule has 3 saturated carbocycles. The first-order valence-electron chi connectivity index (χ1n) is 9.26. The van der Waals surface area contributed by atoms with E-state index in [4.69, 9.17) is 0 Å². The summed E-state index contributed by atoms with van der Waals surface area (Å²) in [6.07, 6.45) is 13.6. The van der Waals surface area contributed by atoms with Gasteiger partial charge in [-0.2, -0.15) is 0 Å². The fourth-order valence-corrected chi connectivity index (χ4v) is 7.41. The van der Waals surface area contributed by atoms with Crippen LogP contribution in [-0.2, 0) is 4.79 Å². The van der Waals surface area contributed by atoms with Gasteiger partial charge >= 0.3 is 0 Å². The summed E-state index contributed by atoms with van der Waals surface area (Å²) in [5.74, 6) is 1.92. The molecule has 4 aliphatic rings. The van der Waals surface area contributed by atoms with Gasteiger partial charge in [0.2, 0.25) is 0 Å². The van der Waals surface area contributed by atoms with E-state index in [1.54, 1.807) is 0 Å². The summed E-state index contributed by atoms with van der Waals surface area (Å²) in [4.78, 5) is 11.8. The van der Waals surface area contributed by atoms with Gasteiger partial charge in [-0.25, -0.2) is 0 Å². The smallest absolute Gasteiger partial charge is 0.126 e. The third-order valence-electron chi connectivity index (χ3n) is 8.29. The van der Waals surface area contributed by atoms with Crippen LogP contribution in [0.5, 0.6) is 0 Å². The molecule has 0 aliphatic heterocycles. The lowest BCUT2D eigenvalue weighted by atomic mass is 9.41. The van der Waals surface area contributed by atoms with Gasteiger partial charge in [0.1, 0.15) is 6.29 Å². The van der Waals surface area contributed by atoms with Crippen molar-refractivity contribution in [2.75, 3.05) is 6.61 Å². The summed E-state index contributed by atoms with van der Waals surface area (Å²) < 4.78 is 0. The van der Waals surface area contributed by atoms with E-state index in [1.165, 1.54) is 56.8 Å². The van der Waals surface area contributed by atoms with Crippen molar-refractivity contribution < 1.29 is 9.90 Å². The van der Waals surface area contributed by atoms with Gasteiger partial charge in [0, 0.05) is 5.41 Å². The van der Waals surface area contributed by atoms with Gasteiger partial charge in [0.05, 0.1) is 6.61 Å². The van der Waals surface area contributed by atoms with E-state index in [0.717, 1.165) is 12.3 Å². The minimum absolute atomic E-state index is 0.104. The SMILES string of the molecule is C[C@]12CCC[C@](C)(C=O)[C@@H]1CC[C@@]13C=C(CO)[C@@H](CC[C@@H]12)C3. The zero-order valence-corrected chi connectivity index (χ0v) is 14.1. The molecule has 0 saturated heterocycles. The minimum Gasteiger partial charge on any atom is -0.392 e. The summed E-state index contributed by atoms with van der Waals surface area (Å²) >= 11 is 0. The van der Waals surface area contributed by atoms with Crippen molar-refractivity contribution in [3.63, 3.8) is 0 Å². The number of aliphatic hydroxyl groups is 1. The first-order valence-corrected chi connectivity index (χ1v) is 9.26. The Labute approximate surface area is 134 Å². The van der Waals surface area contributed by atoms with Crippen molar-refractivity contribution in [2.24, 2.45) is 34.0 Å². The molecule has 1 spiro atoms. The Kier molecular flexibility index (Phi) is 3.18. The van der Waals surface area contributed by atoms with Crippen LogP contribution >= 0.6 is 0 Å². The molecule has 2 heteroatoms. The van der Waals surface area contributed by atoms with E-state index in [1.807, 2.05) is 0 Å². The molecular weight excluding hydrogens is 272 g/mol. The average Bonchev–Trinajstić information content (AvgIpc) is 2.77. The minimum atomic E-state index is -0.104. The Morgan fingerprint density at radius 1 is 1.18 bits per heavy atom.